The first kappa shape index (κ1) is 23.2. The second-order valence-corrected chi connectivity index (χ2v) is 10.6. The van der Waals surface area contributed by atoms with E-state index in [1.807, 2.05) is 32.6 Å². The first-order valence-corrected chi connectivity index (χ1v) is 11.7. The van der Waals surface area contributed by atoms with Crippen molar-refractivity contribution in [2.24, 2.45) is 0 Å². The number of carbonyl (C=O) groups excluding carboxylic acids is 1. The Morgan fingerprint density at radius 3 is 2.07 bits per heavy atom. The Morgan fingerprint density at radius 2 is 1.57 bits per heavy atom. The van der Waals surface area contributed by atoms with Gasteiger partial charge in [-0.25, -0.2) is 8.42 Å². The first-order valence-electron chi connectivity index (χ1n) is 10.3. The van der Waals surface area contributed by atoms with Crippen LogP contribution < -0.4 is 5.46 Å². The number of carbonyl (C=O) groups is 1. The molecular weight excluding hydrogens is 407 g/mol. The Hall–Kier alpha value is -1.46. The minimum absolute atomic E-state index is 0.185. The molecule has 0 atom stereocenters. The van der Waals surface area contributed by atoms with Crippen molar-refractivity contribution in [2.45, 2.75) is 50.7 Å². The summed E-state index contributed by atoms with van der Waals surface area (Å²) in [5.41, 5.74) is -0.121. The quantitative estimate of drug-likeness (QED) is 0.481. The van der Waals surface area contributed by atoms with Crippen LogP contribution in [0.1, 0.15) is 34.6 Å². The average Bonchev–Trinajstić information content (AvgIpc) is 2.90. The summed E-state index contributed by atoms with van der Waals surface area (Å²) in [7, 11) is -4.13. The van der Waals surface area contributed by atoms with E-state index >= 15 is 0 Å². The van der Waals surface area contributed by atoms with E-state index in [2.05, 4.69) is 0 Å². The van der Waals surface area contributed by atoms with Crippen LogP contribution in [0.15, 0.2) is 29.2 Å². The summed E-state index contributed by atoms with van der Waals surface area (Å²) < 4.78 is 44.5. The average molecular weight is 438 g/mol. The molecule has 2 heterocycles. The molecule has 3 rings (SSSR count). The van der Waals surface area contributed by atoms with Crippen LogP contribution in [0, 0.1) is 0 Å². The highest BCUT2D eigenvalue weighted by Crippen LogP contribution is 2.36. The van der Waals surface area contributed by atoms with Crippen LogP contribution in [0.4, 0.5) is 0 Å². The molecule has 2 fully saturated rings. The molecule has 0 amide bonds. The molecule has 0 saturated carbocycles. The standard InChI is InChI=1S/C20H31BN2O6S/c1-6-27-18(24)15-22-11-13-23(14-12-22)30(25,26)17-9-7-16(8-10-17)21-28-19(2,3)20(4,5)29-21/h7-10H,6,11-15H2,1-5H3. The normalized spacial score (nSPS) is 22.2. The van der Waals surface area contributed by atoms with Gasteiger partial charge in [0.1, 0.15) is 0 Å². The molecular formula is C20H31BN2O6S. The van der Waals surface area contributed by atoms with Gasteiger partial charge in [-0.1, -0.05) is 12.1 Å². The molecule has 0 unspecified atom stereocenters. The molecule has 0 N–H and O–H groups in total. The lowest BCUT2D eigenvalue weighted by atomic mass is 9.79. The van der Waals surface area contributed by atoms with Crippen LogP contribution in [0.2, 0.25) is 0 Å². The first-order chi connectivity index (χ1) is 14.0. The Balaban J connectivity index is 1.63. The second-order valence-electron chi connectivity index (χ2n) is 8.64. The minimum Gasteiger partial charge on any atom is -0.465 e. The zero-order valence-corrected chi connectivity index (χ0v) is 19.2. The second kappa shape index (κ2) is 8.59. The molecule has 10 heteroatoms. The van der Waals surface area contributed by atoms with E-state index < -0.39 is 28.3 Å². The van der Waals surface area contributed by atoms with Gasteiger partial charge in [-0.15, -0.1) is 0 Å². The maximum absolute atomic E-state index is 13.0. The molecule has 0 bridgehead atoms. The molecule has 1 aromatic carbocycles. The van der Waals surface area contributed by atoms with Gasteiger partial charge in [0.2, 0.25) is 10.0 Å². The summed E-state index contributed by atoms with van der Waals surface area (Å²) in [5.74, 6) is -0.285. The third-order valence-corrected chi connectivity index (χ3v) is 7.95. The molecule has 0 spiro atoms. The van der Waals surface area contributed by atoms with Gasteiger partial charge >= 0.3 is 13.1 Å². The number of esters is 1. The number of benzene rings is 1. The summed E-state index contributed by atoms with van der Waals surface area (Å²) in [6, 6.07) is 6.68. The Kier molecular flexibility index (Phi) is 6.64. The molecule has 166 valence electrons. The lowest BCUT2D eigenvalue weighted by Gasteiger charge is -2.33. The Labute approximate surface area is 179 Å². The van der Waals surface area contributed by atoms with Crippen molar-refractivity contribution in [2.75, 3.05) is 39.3 Å². The van der Waals surface area contributed by atoms with Crippen LogP contribution >= 0.6 is 0 Å². The van der Waals surface area contributed by atoms with Gasteiger partial charge in [0.05, 0.1) is 29.2 Å². The molecule has 2 saturated heterocycles. The van der Waals surface area contributed by atoms with Gasteiger partial charge in [-0.05, 0) is 52.2 Å². The molecule has 2 aliphatic heterocycles. The predicted octanol–water partition coefficient (Wildman–Crippen LogP) is 0.855. The zero-order valence-electron chi connectivity index (χ0n) is 18.4. The van der Waals surface area contributed by atoms with Gasteiger partial charge in [0, 0.05) is 26.2 Å². The Bertz CT molecular complexity index is 848. The van der Waals surface area contributed by atoms with E-state index in [4.69, 9.17) is 14.0 Å². The highest BCUT2D eigenvalue weighted by atomic mass is 32.2. The van der Waals surface area contributed by atoms with Crippen molar-refractivity contribution in [3.63, 3.8) is 0 Å². The van der Waals surface area contributed by atoms with E-state index in [9.17, 15) is 13.2 Å². The third kappa shape index (κ3) is 4.73. The fourth-order valence-electron chi connectivity index (χ4n) is 3.44. The zero-order chi connectivity index (χ0) is 22.2. The van der Waals surface area contributed by atoms with Crippen LogP contribution in [0.5, 0.6) is 0 Å². The summed E-state index contributed by atoms with van der Waals surface area (Å²) >= 11 is 0. The van der Waals surface area contributed by atoms with Crippen LogP contribution in [0.25, 0.3) is 0 Å². The maximum Gasteiger partial charge on any atom is 0.494 e. The maximum atomic E-state index is 13.0. The number of nitrogens with zero attached hydrogens (tertiary/aromatic N) is 2. The van der Waals surface area contributed by atoms with Crippen molar-refractivity contribution in [1.29, 1.82) is 0 Å². The van der Waals surface area contributed by atoms with Crippen LogP contribution in [-0.2, 0) is 28.9 Å². The smallest absolute Gasteiger partial charge is 0.465 e. The van der Waals surface area contributed by atoms with Crippen molar-refractivity contribution in [3.05, 3.63) is 24.3 Å². The highest BCUT2D eigenvalue weighted by molar-refractivity contribution is 7.89. The molecule has 0 aliphatic carbocycles. The lowest BCUT2D eigenvalue weighted by Crippen LogP contribution is -2.50. The predicted molar refractivity (Wildman–Crippen MR) is 114 cm³/mol. The topological polar surface area (TPSA) is 85.4 Å². The molecule has 0 aromatic heterocycles. The number of hydrogen-bond donors (Lipinski definition) is 0. The van der Waals surface area contributed by atoms with Crippen molar-refractivity contribution in [1.82, 2.24) is 9.21 Å². The summed E-state index contributed by atoms with van der Waals surface area (Å²) in [6.07, 6.45) is 0. The monoisotopic (exact) mass is 438 g/mol. The SMILES string of the molecule is CCOC(=O)CN1CCN(S(=O)(=O)c2ccc(B3OC(C)(C)C(C)(C)O3)cc2)CC1. The van der Waals surface area contributed by atoms with Gasteiger partial charge < -0.3 is 14.0 Å². The van der Waals surface area contributed by atoms with E-state index in [1.54, 1.807) is 31.2 Å². The molecule has 30 heavy (non-hydrogen) atoms. The number of rotatable bonds is 6. The minimum atomic E-state index is -3.60. The summed E-state index contributed by atoms with van der Waals surface area (Å²) in [6.45, 7) is 11.9. The van der Waals surface area contributed by atoms with Crippen molar-refractivity contribution >= 4 is 28.6 Å². The number of ether oxygens (including phenoxy) is 1. The van der Waals surface area contributed by atoms with E-state index in [0.29, 0.717) is 32.8 Å². The number of sulfonamides is 1. The highest BCUT2D eigenvalue weighted by Gasteiger charge is 2.51. The third-order valence-electron chi connectivity index (χ3n) is 6.03. The number of piperazine rings is 1. The molecule has 1 aromatic rings. The van der Waals surface area contributed by atoms with Gasteiger partial charge in [0.15, 0.2) is 0 Å². The summed E-state index contributed by atoms with van der Waals surface area (Å²) in [4.78, 5) is 13.8. The largest absolute Gasteiger partial charge is 0.494 e. The van der Waals surface area contributed by atoms with Gasteiger partial charge in [-0.2, -0.15) is 4.31 Å². The fraction of sp³-hybridized carbons (Fsp3) is 0.650. The molecule has 0 radical (unpaired) electrons. The van der Waals surface area contributed by atoms with Gasteiger partial charge in [0.25, 0.3) is 0 Å². The molecule has 8 nitrogen and oxygen atoms in total. The van der Waals surface area contributed by atoms with E-state index in [0.717, 1.165) is 5.46 Å². The molecule has 2 aliphatic rings. The van der Waals surface area contributed by atoms with Crippen LogP contribution in [-0.4, -0.2) is 81.2 Å². The van der Waals surface area contributed by atoms with Gasteiger partial charge in [-0.3, -0.25) is 9.69 Å². The Morgan fingerprint density at radius 1 is 1.03 bits per heavy atom. The van der Waals surface area contributed by atoms with E-state index in [-0.39, 0.29) is 17.4 Å². The van der Waals surface area contributed by atoms with Crippen molar-refractivity contribution in [3.8, 4) is 0 Å². The van der Waals surface area contributed by atoms with E-state index in [1.165, 1.54) is 4.31 Å². The fourth-order valence-corrected chi connectivity index (χ4v) is 4.86. The van der Waals surface area contributed by atoms with Crippen LogP contribution in [0.3, 0.4) is 0 Å². The lowest BCUT2D eigenvalue weighted by molar-refractivity contribution is -0.144. The number of hydrogen-bond acceptors (Lipinski definition) is 7. The summed E-state index contributed by atoms with van der Waals surface area (Å²) in [5, 5.41) is 0. The van der Waals surface area contributed by atoms with Crippen molar-refractivity contribution < 1.29 is 27.3 Å².